The maximum Gasteiger partial charge on any atom is 0.316 e. The van der Waals surface area contributed by atoms with Crippen molar-refractivity contribution in [3.8, 4) is 0 Å². The maximum atomic E-state index is 12.4. The van der Waals surface area contributed by atoms with Crippen LogP contribution in [0.5, 0.6) is 0 Å². The topological polar surface area (TPSA) is 69.6 Å². The van der Waals surface area contributed by atoms with E-state index in [9.17, 15) is 14.7 Å². The SMILES string of the molecule is CCC(O)CCNC(=O)C(=O)N1CC2(CC2)c2ccccc21. The Morgan fingerprint density at radius 2 is 2.09 bits per heavy atom. The van der Waals surface area contributed by atoms with Crippen molar-refractivity contribution in [2.75, 3.05) is 18.0 Å². The average Bonchev–Trinajstić information content (AvgIpc) is 3.24. The fourth-order valence-electron chi connectivity index (χ4n) is 3.14. The molecule has 3 rings (SSSR count). The summed E-state index contributed by atoms with van der Waals surface area (Å²) in [6, 6.07) is 7.86. The largest absolute Gasteiger partial charge is 0.393 e. The van der Waals surface area contributed by atoms with Crippen molar-refractivity contribution in [1.82, 2.24) is 5.32 Å². The van der Waals surface area contributed by atoms with Gasteiger partial charge < -0.3 is 15.3 Å². The zero-order valence-corrected chi connectivity index (χ0v) is 12.8. The number of aliphatic hydroxyl groups is 1. The number of nitrogens with one attached hydrogen (secondary N) is 1. The van der Waals surface area contributed by atoms with Crippen LogP contribution in [0.1, 0.15) is 38.2 Å². The number of nitrogens with zero attached hydrogens (tertiary/aromatic N) is 1. The summed E-state index contributed by atoms with van der Waals surface area (Å²) in [5, 5.41) is 12.1. The molecule has 1 saturated carbocycles. The van der Waals surface area contributed by atoms with Gasteiger partial charge in [0.15, 0.2) is 0 Å². The molecule has 5 nitrogen and oxygen atoms in total. The van der Waals surface area contributed by atoms with Gasteiger partial charge >= 0.3 is 11.8 Å². The zero-order valence-electron chi connectivity index (χ0n) is 12.8. The molecule has 1 unspecified atom stereocenters. The van der Waals surface area contributed by atoms with E-state index < -0.39 is 17.9 Å². The second kappa shape index (κ2) is 5.72. The zero-order chi connectivity index (χ0) is 15.7. The maximum absolute atomic E-state index is 12.4. The first-order valence-electron chi connectivity index (χ1n) is 7.95. The van der Waals surface area contributed by atoms with E-state index in [-0.39, 0.29) is 5.41 Å². The Hall–Kier alpha value is -1.88. The van der Waals surface area contributed by atoms with Gasteiger partial charge in [0.1, 0.15) is 0 Å². The molecular formula is C17H22N2O3. The first-order chi connectivity index (χ1) is 10.6. The van der Waals surface area contributed by atoms with Crippen LogP contribution in [-0.2, 0) is 15.0 Å². The Morgan fingerprint density at radius 3 is 2.77 bits per heavy atom. The van der Waals surface area contributed by atoms with E-state index in [0.29, 0.717) is 25.9 Å². The molecule has 0 aromatic heterocycles. The lowest BCUT2D eigenvalue weighted by atomic mass is 9.99. The minimum Gasteiger partial charge on any atom is -0.393 e. The fourth-order valence-corrected chi connectivity index (χ4v) is 3.14. The van der Waals surface area contributed by atoms with Crippen molar-refractivity contribution in [3.05, 3.63) is 29.8 Å². The Bertz CT molecular complexity index is 595. The van der Waals surface area contributed by atoms with Crippen LogP contribution in [-0.4, -0.2) is 36.1 Å². The number of para-hydroxylation sites is 1. The van der Waals surface area contributed by atoms with Crippen molar-refractivity contribution in [2.24, 2.45) is 0 Å². The molecule has 1 atom stereocenters. The van der Waals surface area contributed by atoms with Crippen molar-refractivity contribution in [3.63, 3.8) is 0 Å². The second-order valence-electron chi connectivity index (χ2n) is 6.30. The molecule has 1 fully saturated rings. The number of hydrogen-bond donors (Lipinski definition) is 2. The van der Waals surface area contributed by atoms with Gasteiger partial charge in [-0.2, -0.15) is 0 Å². The van der Waals surface area contributed by atoms with Crippen LogP contribution in [0.2, 0.25) is 0 Å². The van der Waals surface area contributed by atoms with Crippen LogP contribution in [0.25, 0.3) is 0 Å². The number of rotatable bonds is 4. The van der Waals surface area contributed by atoms with Crippen LogP contribution >= 0.6 is 0 Å². The van der Waals surface area contributed by atoms with E-state index in [2.05, 4.69) is 11.4 Å². The number of carbonyl (C=O) groups is 2. The molecule has 0 saturated heterocycles. The number of benzene rings is 1. The van der Waals surface area contributed by atoms with Gasteiger partial charge in [0.2, 0.25) is 0 Å². The standard InChI is InChI=1S/C17H22N2O3/c1-2-12(20)7-10-18-15(21)16(22)19-11-17(8-9-17)13-5-3-4-6-14(13)19/h3-6,12,20H,2,7-11H2,1H3,(H,18,21). The summed E-state index contributed by atoms with van der Waals surface area (Å²) in [6.07, 6.45) is 2.84. The molecule has 2 N–H and O–H groups in total. The predicted octanol–water partition coefficient (Wildman–Crippen LogP) is 1.34. The first kappa shape index (κ1) is 15.0. The summed E-state index contributed by atoms with van der Waals surface area (Å²) in [6.45, 7) is 2.81. The van der Waals surface area contributed by atoms with Crippen LogP contribution in [0.3, 0.4) is 0 Å². The smallest absolute Gasteiger partial charge is 0.316 e. The minimum absolute atomic E-state index is 0.0882. The molecule has 1 aliphatic heterocycles. The summed E-state index contributed by atoms with van der Waals surface area (Å²) in [5.41, 5.74) is 2.15. The summed E-state index contributed by atoms with van der Waals surface area (Å²) < 4.78 is 0. The lowest BCUT2D eigenvalue weighted by Gasteiger charge is -2.17. The number of carbonyl (C=O) groups excluding carboxylic acids is 2. The molecule has 1 aliphatic carbocycles. The molecule has 22 heavy (non-hydrogen) atoms. The number of hydrogen-bond acceptors (Lipinski definition) is 3. The first-order valence-corrected chi connectivity index (χ1v) is 7.95. The summed E-state index contributed by atoms with van der Waals surface area (Å²) in [7, 11) is 0. The van der Waals surface area contributed by atoms with Gasteiger partial charge in [-0.05, 0) is 37.3 Å². The van der Waals surface area contributed by atoms with Gasteiger partial charge in [0.25, 0.3) is 0 Å². The Balaban J connectivity index is 1.65. The Labute approximate surface area is 130 Å². The number of anilines is 1. The molecule has 1 aromatic carbocycles. The van der Waals surface area contributed by atoms with Crippen LogP contribution < -0.4 is 10.2 Å². The fraction of sp³-hybridized carbons (Fsp3) is 0.529. The summed E-state index contributed by atoms with van der Waals surface area (Å²) in [5.74, 6) is -1.09. The van der Waals surface area contributed by atoms with Gasteiger partial charge in [0, 0.05) is 24.2 Å². The van der Waals surface area contributed by atoms with Gasteiger partial charge in [-0.3, -0.25) is 9.59 Å². The van der Waals surface area contributed by atoms with E-state index in [4.69, 9.17) is 0 Å². The normalized spacial score (nSPS) is 18.9. The Morgan fingerprint density at radius 1 is 1.36 bits per heavy atom. The highest BCUT2D eigenvalue weighted by atomic mass is 16.3. The molecule has 1 heterocycles. The van der Waals surface area contributed by atoms with E-state index >= 15 is 0 Å². The van der Waals surface area contributed by atoms with Crippen molar-refractivity contribution in [2.45, 2.75) is 44.1 Å². The van der Waals surface area contributed by atoms with Gasteiger partial charge in [-0.25, -0.2) is 0 Å². The molecule has 1 spiro atoms. The lowest BCUT2D eigenvalue weighted by Crippen LogP contribution is -2.43. The minimum atomic E-state index is -0.587. The van der Waals surface area contributed by atoms with Crippen LogP contribution in [0, 0.1) is 0 Å². The summed E-state index contributed by atoms with van der Waals surface area (Å²) in [4.78, 5) is 26.1. The molecular weight excluding hydrogens is 280 g/mol. The van der Waals surface area contributed by atoms with Gasteiger partial charge in [0.05, 0.1) is 6.10 Å². The molecule has 5 heteroatoms. The van der Waals surface area contributed by atoms with Crippen LogP contribution in [0.4, 0.5) is 5.69 Å². The Kier molecular flexibility index (Phi) is 3.91. The quantitative estimate of drug-likeness (QED) is 0.825. The highest BCUT2D eigenvalue weighted by molar-refractivity contribution is 6.40. The second-order valence-corrected chi connectivity index (χ2v) is 6.30. The van der Waals surface area contributed by atoms with Gasteiger partial charge in [-0.1, -0.05) is 25.1 Å². The highest BCUT2D eigenvalue weighted by Crippen LogP contribution is 2.56. The molecule has 2 amide bonds. The summed E-state index contributed by atoms with van der Waals surface area (Å²) >= 11 is 0. The van der Waals surface area contributed by atoms with Crippen molar-refractivity contribution >= 4 is 17.5 Å². The lowest BCUT2D eigenvalue weighted by molar-refractivity contribution is -0.137. The molecule has 1 aromatic rings. The van der Waals surface area contributed by atoms with Crippen molar-refractivity contribution in [1.29, 1.82) is 0 Å². The molecule has 0 bridgehead atoms. The van der Waals surface area contributed by atoms with E-state index in [1.54, 1.807) is 4.90 Å². The average molecular weight is 302 g/mol. The molecule has 2 aliphatic rings. The van der Waals surface area contributed by atoms with Gasteiger partial charge in [-0.15, -0.1) is 0 Å². The number of fused-ring (bicyclic) bond motifs is 2. The monoisotopic (exact) mass is 302 g/mol. The molecule has 0 radical (unpaired) electrons. The van der Waals surface area contributed by atoms with E-state index in [1.807, 2.05) is 25.1 Å². The van der Waals surface area contributed by atoms with E-state index in [1.165, 1.54) is 5.56 Å². The van der Waals surface area contributed by atoms with E-state index in [0.717, 1.165) is 18.5 Å². The number of aliphatic hydroxyl groups excluding tert-OH is 1. The van der Waals surface area contributed by atoms with Crippen LogP contribution in [0.15, 0.2) is 24.3 Å². The molecule has 118 valence electrons. The third-order valence-electron chi connectivity index (χ3n) is 4.75. The highest BCUT2D eigenvalue weighted by Gasteiger charge is 2.53. The third-order valence-corrected chi connectivity index (χ3v) is 4.75. The predicted molar refractivity (Wildman–Crippen MR) is 83.6 cm³/mol. The van der Waals surface area contributed by atoms with Crippen molar-refractivity contribution < 1.29 is 14.7 Å². The number of amides is 2. The third kappa shape index (κ3) is 2.61.